The molecule has 21 heavy (non-hydrogen) atoms. The molecule has 0 aromatic heterocycles. The number of ether oxygens (including phenoxy) is 1. The molecule has 0 radical (unpaired) electrons. The molecular formula is C15H20NO5-. The van der Waals surface area contributed by atoms with Gasteiger partial charge < -0.3 is 9.84 Å². The Morgan fingerprint density at radius 2 is 1.86 bits per heavy atom. The van der Waals surface area contributed by atoms with Gasteiger partial charge in [-0.15, -0.1) is 0 Å². The molecule has 0 unspecified atom stereocenters. The number of nitro groups is 1. The number of carbonyl (C=O) groups excluding carboxylic acids is 1. The Bertz CT molecular complexity index is 487. The van der Waals surface area contributed by atoms with Crippen molar-refractivity contribution in [1.82, 2.24) is 0 Å². The first-order chi connectivity index (χ1) is 10.1. The van der Waals surface area contributed by atoms with Crippen LogP contribution < -0.4 is 5.11 Å². The van der Waals surface area contributed by atoms with E-state index in [0.717, 1.165) is 31.4 Å². The van der Waals surface area contributed by atoms with Gasteiger partial charge in [0.1, 0.15) is 0 Å². The Labute approximate surface area is 123 Å². The lowest BCUT2D eigenvalue weighted by molar-refractivity contribution is -0.398. The molecule has 0 aliphatic rings. The zero-order chi connectivity index (χ0) is 15.7. The van der Waals surface area contributed by atoms with Crippen molar-refractivity contribution in [1.29, 1.82) is 0 Å². The SMILES string of the molecule is CCCCCCCCOC(=O)c1ccc([O-])c([N+](=O)[O-])c1. The molecule has 0 bridgehead atoms. The van der Waals surface area contributed by atoms with Gasteiger partial charge in [-0.2, -0.15) is 0 Å². The molecule has 0 saturated heterocycles. The topological polar surface area (TPSA) is 92.5 Å². The van der Waals surface area contributed by atoms with Gasteiger partial charge in [-0.25, -0.2) is 4.79 Å². The molecule has 1 aromatic rings. The number of esters is 1. The van der Waals surface area contributed by atoms with Crippen LogP contribution in [0.25, 0.3) is 0 Å². The van der Waals surface area contributed by atoms with E-state index < -0.39 is 22.3 Å². The molecule has 1 aromatic carbocycles. The van der Waals surface area contributed by atoms with Crippen molar-refractivity contribution >= 4 is 11.7 Å². The lowest BCUT2D eigenvalue weighted by Gasteiger charge is -2.08. The second-order valence-corrected chi connectivity index (χ2v) is 4.84. The van der Waals surface area contributed by atoms with E-state index in [1.165, 1.54) is 25.3 Å². The predicted molar refractivity (Wildman–Crippen MR) is 76.2 cm³/mol. The van der Waals surface area contributed by atoms with Gasteiger partial charge in [0.15, 0.2) is 0 Å². The van der Waals surface area contributed by atoms with Crippen LogP contribution in [0.4, 0.5) is 5.69 Å². The smallest absolute Gasteiger partial charge is 0.338 e. The summed E-state index contributed by atoms with van der Waals surface area (Å²) in [5.41, 5.74) is -0.573. The van der Waals surface area contributed by atoms with Crippen molar-refractivity contribution < 1.29 is 19.6 Å². The van der Waals surface area contributed by atoms with E-state index in [-0.39, 0.29) is 12.2 Å². The summed E-state index contributed by atoms with van der Waals surface area (Å²) in [6.07, 6.45) is 6.46. The number of unbranched alkanes of at least 4 members (excludes halogenated alkanes) is 5. The van der Waals surface area contributed by atoms with Crippen molar-refractivity contribution in [2.45, 2.75) is 45.4 Å². The number of hydrogen-bond acceptors (Lipinski definition) is 5. The fourth-order valence-electron chi connectivity index (χ4n) is 1.92. The molecule has 0 heterocycles. The minimum Gasteiger partial charge on any atom is -0.868 e. The van der Waals surface area contributed by atoms with Crippen LogP contribution in [-0.4, -0.2) is 17.5 Å². The van der Waals surface area contributed by atoms with Crippen molar-refractivity contribution in [3.05, 3.63) is 33.9 Å². The third kappa shape index (κ3) is 5.81. The summed E-state index contributed by atoms with van der Waals surface area (Å²) in [7, 11) is 0. The van der Waals surface area contributed by atoms with E-state index in [2.05, 4.69) is 6.92 Å². The van der Waals surface area contributed by atoms with E-state index in [4.69, 9.17) is 4.74 Å². The lowest BCUT2D eigenvalue weighted by Crippen LogP contribution is -2.08. The van der Waals surface area contributed by atoms with E-state index in [1.807, 2.05) is 0 Å². The molecule has 0 aliphatic heterocycles. The van der Waals surface area contributed by atoms with Gasteiger partial charge in [0, 0.05) is 6.07 Å². The number of nitrogens with zero attached hydrogens (tertiary/aromatic N) is 1. The predicted octanol–water partition coefficient (Wildman–Crippen LogP) is 3.19. The molecule has 6 nitrogen and oxygen atoms in total. The van der Waals surface area contributed by atoms with Crippen molar-refractivity contribution in [3.8, 4) is 5.75 Å². The molecule has 6 heteroatoms. The molecule has 0 fully saturated rings. The Kier molecular flexibility index (Phi) is 7.21. The van der Waals surface area contributed by atoms with Crippen LogP contribution in [0.5, 0.6) is 5.75 Å². The Balaban J connectivity index is 2.39. The zero-order valence-corrected chi connectivity index (χ0v) is 12.2. The Morgan fingerprint density at radius 3 is 2.52 bits per heavy atom. The number of hydrogen-bond donors (Lipinski definition) is 0. The third-order valence-electron chi connectivity index (χ3n) is 3.12. The van der Waals surface area contributed by atoms with Gasteiger partial charge in [-0.3, -0.25) is 10.1 Å². The van der Waals surface area contributed by atoms with Crippen LogP contribution >= 0.6 is 0 Å². The normalized spacial score (nSPS) is 10.3. The van der Waals surface area contributed by atoms with Crippen LogP contribution in [-0.2, 0) is 4.74 Å². The summed E-state index contributed by atoms with van der Waals surface area (Å²) in [5, 5.41) is 21.9. The second-order valence-electron chi connectivity index (χ2n) is 4.84. The average molecular weight is 294 g/mol. The molecular weight excluding hydrogens is 274 g/mol. The number of carbonyl (C=O) groups is 1. The van der Waals surface area contributed by atoms with Crippen LogP contribution in [0.3, 0.4) is 0 Å². The van der Waals surface area contributed by atoms with E-state index in [0.29, 0.717) is 0 Å². The minimum absolute atomic E-state index is 0.0345. The molecule has 0 saturated carbocycles. The van der Waals surface area contributed by atoms with E-state index in [9.17, 15) is 20.0 Å². The second kappa shape index (κ2) is 8.94. The number of rotatable bonds is 9. The molecule has 0 aliphatic carbocycles. The standard InChI is InChI=1S/C15H21NO5/c1-2-3-4-5-6-7-10-21-15(18)12-8-9-14(17)13(11-12)16(19)20/h8-9,11,17H,2-7,10H2,1H3/p-1. The van der Waals surface area contributed by atoms with Crippen LogP contribution in [0.15, 0.2) is 18.2 Å². The van der Waals surface area contributed by atoms with Crippen molar-refractivity contribution in [2.75, 3.05) is 6.61 Å². The Hall–Kier alpha value is -2.11. The summed E-state index contributed by atoms with van der Waals surface area (Å²) >= 11 is 0. The maximum Gasteiger partial charge on any atom is 0.338 e. The van der Waals surface area contributed by atoms with Gasteiger partial charge in [-0.05, 0) is 18.2 Å². The molecule has 1 rings (SSSR count). The van der Waals surface area contributed by atoms with Crippen molar-refractivity contribution in [3.63, 3.8) is 0 Å². The highest BCUT2D eigenvalue weighted by atomic mass is 16.6. The highest BCUT2D eigenvalue weighted by molar-refractivity contribution is 5.90. The van der Waals surface area contributed by atoms with Gasteiger partial charge in [-0.1, -0.05) is 45.1 Å². The summed E-state index contributed by atoms with van der Waals surface area (Å²) < 4.78 is 5.05. The molecule has 0 amide bonds. The maximum atomic E-state index is 11.7. The average Bonchev–Trinajstić information content (AvgIpc) is 2.46. The first kappa shape index (κ1) is 16.9. The van der Waals surface area contributed by atoms with Gasteiger partial charge in [0.25, 0.3) is 5.69 Å². The Morgan fingerprint density at radius 1 is 1.19 bits per heavy atom. The van der Waals surface area contributed by atoms with E-state index >= 15 is 0 Å². The first-order valence-corrected chi connectivity index (χ1v) is 7.18. The maximum absolute atomic E-state index is 11.7. The van der Waals surface area contributed by atoms with E-state index in [1.54, 1.807) is 0 Å². The monoisotopic (exact) mass is 294 g/mol. The molecule has 0 spiro atoms. The largest absolute Gasteiger partial charge is 0.868 e. The van der Waals surface area contributed by atoms with Gasteiger partial charge in [0.05, 0.1) is 17.1 Å². The molecule has 0 N–H and O–H groups in total. The lowest BCUT2D eigenvalue weighted by atomic mass is 10.1. The quantitative estimate of drug-likeness (QED) is 0.302. The molecule has 116 valence electrons. The highest BCUT2D eigenvalue weighted by Crippen LogP contribution is 2.24. The van der Waals surface area contributed by atoms with Gasteiger partial charge >= 0.3 is 5.97 Å². The number of benzene rings is 1. The van der Waals surface area contributed by atoms with Crippen LogP contribution in [0.1, 0.15) is 55.8 Å². The summed E-state index contributed by atoms with van der Waals surface area (Å²) in [5.74, 6) is -1.35. The fraction of sp³-hybridized carbons (Fsp3) is 0.533. The fourth-order valence-corrected chi connectivity index (χ4v) is 1.92. The van der Waals surface area contributed by atoms with Crippen molar-refractivity contribution in [2.24, 2.45) is 0 Å². The summed E-state index contributed by atoms with van der Waals surface area (Å²) in [6, 6.07) is 3.23. The first-order valence-electron chi connectivity index (χ1n) is 7.18. The molecule has 0 atom stereocenters. The zero-order valence-electron chi connectivity index (χ0n) is 12.2. The number of nitro benzene ring substituents is 1. The van der Waals surface area contributed by atoms with Crippen LogP contribution in [0, 0.1) is 10.1 Å². The van der Waals surface area contributed by atoms with Gasteiger partial charge in [0.2, 0.25) is 0 Å². The minimum atomic E-state index is -0.799. The van der Waals surface area contributed by atoms with Crippen LogP contribution in [0.2, 0.25) is 0 Å². The summed E-state index contributed by atoms with van der Waals surface area (Å²) in [6.45, 7) is 2.44. The highest BCUT2D eigenvalue weighted by Gasteiger charge is 2.13. The summed E-state index contributed by atoms with van der Waals surface area (Å²) in [4.78, 5) is 21.6. The third-order valence-corrected chi connectivity index (χ3v) is 3.12.